The summed E-state index contributed by atoms with van der Waals surface area (Å²) < 4.78 is 6.08. The number of nitrogens with zero attached hydrogens (tertiary/aromatic N) is 6. The lowest BCUT2D eigenvalue weighted by molar-refractivity contribution is -0.126. The van der Waals surface area contributed by atoms with Crippen LogP contribution in [0.3, 0.4) is 0 Å². The minimum Gasteiger partial charge on any atom is -0.463 e. The van der Waals surface area contributed by atoms with Crippen LogP contribution in [-0.2, 0) is 17.6 Å². The zero-order chi connectivity index (χ0) is 25.9. The molecule has 1 N–H and O–H groups in total. The minimum absolute atomic E-state index is 0.0130. The highest BCUT2D eigenvalue weighted by atomic mass is 16.5. The van der Waals surface area contributed by atoms with Gasteiger partial charge in [-0.3, -0.25) is 9.89 Å². The Morgan fingerprint density at radius 2 is 2.05 bits per heavy atom. The smallest absolute Gasteiger partial charge is 0.318 e. The summed E-state index contributed by atoms with van der Waals surface area (Å²) in [7, 11) is 4.12. The number of aryl methyl sites for hydroxylation is 1. The van der Waals surface area contributed by atoms with E-state index in [1.807, 2.05) is 11.1 Å². The number of carbonyl (C=O) groups is 1. The van der Waals surface area contributed by atoms with E-state index in [1.165, 1.54) is 28.2 Å². The predicted molar refractivity (Wildman–Crippen MR) is 145 cm³/mol. The Bertz CT molecular complexity index is 1280. The van der Waals surface area contributed by atoms with Gasteiger partial charge in [-0.1, -0.05) is 12.6 Å². The van der Waals surface area contributed by atoms with Gasteiger partial charge < -0.3 is 19.4 Å². The molecule has 1 aromatic carbocycles. The maximum Gasteiger partial charge on any atom is 0.318 e. The van der Waals surface area contributed by atoms with Crippen molar-refractivity contribution >= 4 is 22.6 Å². The molecule has 1 aliphatic carbocycles. The molecule has 0 spiro atoms. The summed E-state index contributed by atoms with van der Waals surface area (Å²) >= 11 is 0. The van der Waals surface area contributed by atoms with Crippen LogP contribution in [0.15, 0.2) is 31.0 Å². The zero-order valence-electron chi connectivity index (χ0n) is 22.2. The molecule has 3 heterocycles. The standard InChI is InChI=1S/C28H37N7O2/c1-5-25(36)34-12-14-35(15-13-34)27-21-9-8-20(26-19(2)7-10-23-22(26)18-29-32-23)17-24(21)30-28(31-27)37-16-6-11-33(3)4/h5,7,10,18,20H,1,6,8-9,11-17H2,2-4H3,(H,29,32). The van der Waals surface area contributed by atoms with Gasteiger partial charge in [0.15, 0.2) is 0 Å². The first-order chi connectivity index (χ1) is 17.9. The normalized spacial score (nSPS) is 17.8. The van der Waals surface area contributed by atoms with Crippen LogP contribution in [0.1, 0.15) is 41.1 Å². The first kappa shape index (κ1) is 25.2. The Balaban J connectivity index is 1.43. The van der Waals surface area contributed by atoms with E-state index in [9.17, 15) is 4.79 Å². The fourth-order valence-electron chi connectivity index (χ4n) is 5.65. The monoisotopic (exact) mass is 503 g/mol. The van der Waals surface area contributed by atoms with Crippen LogP contribution in [0.5, 0.6) is 6.01 Å². The summed E-state index contributed by atoms with van der Waals surface area (Å²) in [5.41, 5.74) is 6.03. The second kappa shape index (κ2) is 10.9. The molecule has 1 atom stereocenters. The number of piperazine rings is 1. The average molecular weight is 504 g/mol. The van der Waals surface area contributed by atoms with E-state index in [4.69, 9.17) is 14.7 Å². The molecule has 2 aromatic heterocycles. The quantitative estimate of drug-likeness (QED) is 0.373. The Labute approximate surface area is 218 Å². The highest BCUT2D eigenvalue weighted by Gasteiger charge is 2.31. The van der Waals surface area contributed by atoms with Crippen LogP contribution in [0.25, 0.3) is 10.9 Å². The number of aromatic nitrogens is 4. The molecule has 0 saturated carbocycles. The van der Waals surface area contributed by atoms with Crippen molar-refractivity contribution < 1.29 is 9.53 Å². The molecule has 2 aliphatic rings. The second-order valence-corrected chi connectivity index (χ2v) is 10.3. The SMILES string of the molecule is C=CC(=O)N1CCN(c2nc(OCCCN(C)C)nc3c2CCC(c2c(C)ccc4[nH]ncc24)C3)CC1. The molecule has 9 nitrogen and oxygen atoms in total. The number of ether oxygens (including phenoxy) is 1. The molecule has 0 bridgehead atoms. The van der Waals surface area contributed by atoms with Gasteiger partial charge in [0.1, 0.15) is 5.82 Å². The fourth-order valence-corrected chi connectivity index (χ4v) is 5.65. The molecule has 196 valence electrons. The van der Waals surface area contributed by atoms with Crippen molar-refractivity contribution in [2.45, 2.75) is 38.5 Å². The Morgan fingerprint density at radius 1 is 1.24 bits per heavy atom. The second-order valence-electron chi connectivity index (χ2n) is 10.3. The molecule has 1 amide bonds. The van der Waals surface area contributed by atoms with Gasteiger partial charge >= 0.3 is 6.01 Å². The third-order valence-electron chi connectivity index (χ3n) is 7.57. The minimum atomic E-state index is -0.0130. The number of hydrogen-bond acceptors (Lipinski definition) is 7. The number of carbonyl (C=O) groups excluding carboxylic acids is 1. The summed E-state index contributed by atoms with van der Waals surface area (Å²) in [4.78, 5) is 28.2. The van der Waals surface area contributed by atoms with Crippen LogP contribution in [0, 0.1) is 6.92 Å². The molecular formula is C28H37N7O2. The summed E-state index contributed by atoms with van der Waals surface area (Å²) in [6.07, 6.45) is 7.04. The molecule has 5 rings (SSSR count). The van der Waals surface area contributed by atoms with E-state index in [-0.39, 0.29) is 5.91 Å². The molecule has 1 fully saturated rings. The largest absolute Gasteiger partial charge is 0.463 e. The molecule has 1 saturated heterocycles. The van der Waals surface area contributed by atoms with Crippen LogP contribution in [0.2, 0.25) is 0 Å². The van der Waals surface area contributed by atoms with Gasteiger partial charge in [-0.05, 0) is 75.9 Å². The highest BCUT2D eigenvalue weighted by molar-refractivity contribution is 5.87. The number of benzene rings is 1. The maximum absolute atomic E-state index is 12.1. The van der Waals surface area contributed by atoms with E-state index in [2.05, 4.69) is 59.7 Å². The van der Waals surface area contributed by atoms with Crippen molar-refractivity contribution in [2.75, 3.05) is 58.3 Å². The van der Waals surface area contributed by atoms with Crippen molar-refractivity contribution in [1.29, 1.82) is 0 Å². The third kappa shape index (κ3) is 5.32. The van der Waals surface area contributed by atoms with Crippen molar-refractivity contribution in [3.05, 3.63) is 53.4 Å². The van der Waals surface area contributed by atoms with Gasteiger partial charge in [0.2, 0.25) is 5.91 Å². The van der Waals surface area contributed by atoms with Crippen LogP contribution in [0.4, 0.5) is 5.82 Å². The van der Waals surface area contributed by atoms with Crippen LogP contribution in [-0.4, -0.2) is 89.3 Å². The zero-order valence-corrected chi connectivity index (χ0v) is 22.2. The van der Waals surface area contributed by atoms with Gasteiger partial charge in [-0.2, -0.15) is 15.1 Å². The number of fused-ring (bicyclic) bond motifs is 2. The van der Waals surface area contributed by atoms with Gasteiger partial charge in [-0.25, -0.2) is 0 Å². The Morgan fingerprint density at radius 3 is 2.81 bits per heavy atom. The van der Waals surface area contributed by atoms with Crippen LogP contribution < -0.4 is 9.64 Å². The highest BCUT2D eigenvalue weighted by Crippen LogP contribution is 2.40. The molecule has 37 heavy (non-hydrogen) atoms. The molecular weight excluding hydrogens is 466 g/mol. The van der Waals surface area contributed by atoms with Crippen molar-refractivity contribution in [3.63, 3.8) is 0 Å². The summed E-state index contributed by atoms with van der Waals surface area (Å²) in [5, 5.41) is 8.61. The van der Waals surface area contributed by atoms with E-state index >= 15 is 0 Å². The molecule has 0 radical (unpaired) electrons. The van der Waals surface area contributed by atoms with Crippen molar-refractivity contribution in [1.82, 2.24) is 30.0 Å². The van der Waals surface area contributed by atoms with E-state index in [1.54, 1.807) is 0 Å². The number of amides is 1. The number of H-pyrrole nitrogens is 1. The van der Waals surface area contributed by atoms with Gasteiger partial charge in [0.25, 0.3) is 0 Å². The van der Waals surface area contributed by atoms with Crippen molar-refractivity contribution in [3.8, 4) is 6.01 Å². The first-order valence-corrected chi connectivity index (χ1v) is 13.2. The molecule has 9 heteroatoms. The van der Waals surface area contributed by atoms with E-state index in [0.717, 1.165) is 62.3 Å². The predicted octanol–water partition coefficient (Wildman–Crippen LogP) is 3.10. The Kier molecular flexibility index (Phi) is 7.41. The van der Waals surface area contributed by atoms with Gasteiger partial charge in [0.05, 0.1) is 24.0 Å². The number of hydrogen-bond donors (Lipinski definition) is 1. The van der Waals surface area contributed by atoms with Gasteiger partial charge in [0, 0.05) is 43.7 Å². The summed E-state index contributed by atoms with van der Waals surface area (Å²) in [6.45, 7) is 10.1. The first-order valence-electron chi connectivity index (χ1n) is 13.2. The number of nitrogens with one attached hydrogen (secondary N) is 1. The Hall–Kier alpha value is -3.46. The maximum atomic E-state index is 12.1. The lowest BCUT2D eigenvalue weighted by Gasteiger charge is -2.37. The van der Waals surface area contributed by atoms with E-state index < -0.39 is 0 Å². The summed E-state index contributed by atoms with van der Waals surface area (Å²) in [6, 6.07) is 4.74. The summed E-state index contributed by atoms with van der Waals surface area (Å²) in [5.74, 6) is 1.32. The molecule has 3 aromatic rings. The third-order valence-corrected chi connectivity index (χ3v) is 7.57. The lowest BCUT2D eigenvalue weighted by Crippen LogP contribution is -2.49. The van der Waals surface area contributed by atoms with Crippen LogP contribution >= 0.6 is 0 Å². The van der Waals surface area contributed by atoms with E-state index in [0.29, 0.717) is 31.6 Å². The molecule has 1 aliphatic heterocycles. The fraction of sp³-hybridized carbons (Fsp3) is 0.500. The average Bonchev–Trinajstić information content (AvgIpc) is 3.38. The topological polar surface area (TPSA) is 90.5 Å². The lowest BCUT2D eigenvalue weighted by atomic mass is 9.79. The van der Waals surface area contributed by atoms with Gasteiger partial charge in [-0.15, -0.1) is 0 Å². The van der Waals surface area contributed by atoms with Crippen molar-refractivity contribution in [2.24, 2.45) is 0 Å². The number of rotatable bonds is 8. The molecule has 1 unspecified atom stereocenters. The number of anilines is 1. The number of aromatic amines is 1.